The van der Waals surface area contributed by atoms with Crippen LogP contribution in [-0.2, 0) is 11.5 Å². The average Bonchev–Trinajstić information content (AvgIpc) is 3.21. The van der Waals surface area contributed by atoms with Gasteiger partial charge in [0.2, 0.25) is 5.95 Å². The summed E-state index contributed by atoms with van der Waals surface area (Å²) in [6.07, 6.45) is 6.98. The van der Waals surface area contributed by atoms with E-state index in [4.69, 9.17) is 4.74 Å². The topological polar surface area (TPSA) is 82.2 Å². The number of ether oxygens (including phenoxy) is 1. The van der Waals surface area contributed by atoms with E-state index in [0.29, 0.717) is 18.3 Å². The summed E-state index contributed by atoms with van der Waals surface area (Å²) in [4.78, 5) is 8.47. The SMILES string of the molecule is C[Si](C)(C)CCOCn1ncc2ccc(Nc3nc4cnccn4n3)cc21. The Morgan fingerprint density at radius 1 is 1.19 bits per heavy atom. The fourth-order valence-corrected chi connectivity index (χ4v) is 3.46. The van der Waals surface area contributed by atoms with Crippen molar-refractivity contribution in [1.82, 2.24) is 29.4 Å². The quantitative estimate of drug-likeness (QED) is 0.389. The predicted octanol–water partition coefficient (Wildman–Crippen LogP) is 3.53. The van der Waals surface area contributed by atoms with Crippen LogP contribution >= 0.6 is 0 Å². The standard InChI is InChI=1S/C18H23N7OSi/c1-27(2,3)9-8-26-13-25-16-10-15(5-4-14(16)11-20-25)21-18-22-17-12-19-6-7-24(17)23-18/h4-7,10-12H,8-9,13H2,1-3H3,(H,21,23). The first-order valence-electron chi connectivity index (χ1n) is 8.95. The number of fused-ring (bicyclic) bond motifs is 2. The maximum absolute atomic E-state index is 5.84. The van der Waals surface area contributed by atoms with E-state index >= 15 is 0 Å². The largest absolute Gasteiger partial charge is 0.360 e. The summed E-state index contributed by atoms with van der Waals surface area (Å²) in [6.45, 7) is 8.27. The van der Waals surface area contributed by atoms with E-state index in [1.807, 2.05) is 29.1 Å². The van der Waals surface area contributed by atoms with Crippen molar-refractivity contribution in [2.45, 2.75) is 32.4 Å². The summed E-state index contributed by atoms with van der Waals surface area (Å²) >= 11 is 0. The van der Waals surface area contributed by atoms with Crippen LogP contribution < -0.4 is 5.32 Å². The molecule has 0 aliphatic carbocycles. The maximum atomic E-state index is 5.84. The van der Waals surface area contributed by atoms with Crippen LogP contribution in [0.3, 0.4) is 0 Å². The summed E-state index contributed by atoms with van der Waals surface area (Å²) in [7, 11) is -1.08. The van der Waals surface area contributed by atoms with Crippen LogP contribution in [0.2, 0.25) is 25.7 Å². The van der Waals surface area contributed by atoms with Crippen LogP contribution in [0.15, 0.2) is 43.0 Å². The summed E-state index contributed by atoms with van der Waals surface area (Å²) in [5, 5.41) is 13.2. The molecule has 0 atom stereocenters. The normalized spacial score (nSPS) is 12.1. The van der Waals surface area contributed by atoms with Gasteiger partial charge in [0.1, 0.15) is 6.73 Å². The van der Waals surface area contributed by atoms with Crippen molar-refractivity contribution in [3.8, 4) is 0 Å². The highest BCUT2D eigenvalue weighted by Gasteiger charge is 2.12. The predicted molar refractivity (Wildman–Crippen MR) is 108 cm³/mol. The van der Waals surface area contributed by atoms with Crippen LogP contribution in [0, 0.1) is 0 Å². The molecular formula is C18H23N7OSi. The molecule has 0 spiro atoms. The average molecular weight is 382 g/mol. The Labute approximate surface area is 158 Å². The van der Waals surface area contributed by atoms with Gasteiger partial charge in [-0.15, -0.1) is 5.10 Å². The molecule has 4 aromatic rings. The van der Waals surface area contributed by atoms with Gasteiger partial charge in [0.05, 0.1) is 17.9 Å². The molecule has 0 saturated heterocycles. The van der Waals surface area contributed by atoms with Crippen LogP contribution in [0.4, 0.5) is 11.6 Å². The zero-order valence-electron chi connectivity index (χ0n) is 15.8. The summed E-state index contributed by atoms with van der Waals surface area (Å²) in [6, 6.07) is 7.20. The van der Waals surface area contributed by atoms with E-state index in [2.05, 4.69) is 45.1 Å². The van der Waals surface area contributed by atoms with Crippen LogP contribution in [0.25, 0.3) is 16.6 Å². The summed E-state index contributed by atoms with van der Waals surface area (Å²) in [5.74, 6) is 0.528. The Balaban J connectivity index is 1.49. The van der Waals surface area contributed by atoms with E-state index in [1.54, 1.807) is 23.1 Å². The Kier molecular flexibility index (Phi) is 4.62. The van der Waals surface area contributed by atoms with Gasteiger partial charge in [-0.2, -0.15) is 10.1 Å². The minimum atomic E-state index is -1.08. The third-order valence-electron chi connectivity index (χ3n) is 4.25. The van der Waals surface area contributed by atoms with Crippen molar-refractivity contribution in [2.75, 3.05) is 11.9 Å². The lowest BCUT2D eigenvalue weighted by atomic mass is 10.2. The molecule has 0 aliphatic rings. The van der Waals surface area contributed by atoms with Crippen molar-refractivity contribution < 1.29 is 4.74 Å². The van der Waals surface area contributed by atoms with E-state index in [9.17, 15) is 0 Å². The second kappa shape index (κ2) is 7.09. The third-order valence-corrected chi connectivity index (χ3v) is 5.96. The van der Waals surface area contributed by atoms with Gasteiger partial charge < -0.3 is 10.1 Å². The number of nitrogens with zero attached hydrogens (tertiary/aromatic N) is 6. The number of aromatic nitrogens is 6. The van der Waals surface area contributed by atoms with E-state index < -0.39 is 8.07 Å². The Morgan fingerprint density at radius 2 is 2.07 bits per heavy atom. The van der Waals surface area contributed by atoms with Crippen molar-refractivity contribution in [1.29, 1.82) is 0 Å². The molecule has 9 heteroatoms. The van der Waals surface area contributed by atoms with Gasteiger partial charge in [0.25, 0.3) is 0 Å². The van der Waals surface area contributed by atoms with Crippen LogP contribution in [0.1, 0.15) is 0 Å². The fraction of sp³-hybridized carbons (Fsp3) is 0.333. The maximum Gasteiger partial charge on any atom is 0.247 e. The first-order valence-corrected chi connectivity index (χ1v) is 12.7. The molecule has 4 rings (SSSR count). The zero-order valence-corrected chi connectivity index (χ0v) is 16.8. The van der Waals surface area contributed by atoms with Crippen molar-refractivity contribution >= 4 is 36.3 Å². The van der Waals surface area contributed by atoms with Gasteiger partial charge in [-0.25, -0.2) is 9.20 Å². The molecular weight excluding hydrogens is 358 g/mol. The van der Waals surface area contributed by atoms with Crippen LogP contribution in [-0.4, -0.2) is 44.0 Å². The van der Waals surface area contributed by atoms with Gasteiger partial charge in [-0.3, -0.25) is 4.98 Å². The van der Waals surface area contributed by atoms with E-state index in [-0.39, 0.29) is 0 Å². The lowest BCUT2D eigenvalue weighted by molar-refractivity contribution is 0.0817. The molecule has 0 unspecified atom stereocenters. The van der Waals surface area contributed by atoms with Crippen LogP contribution in [0.5, 0.6) is 0 Å². The Morgan fingerprint density at radius 3 is 2.89 bits per heavy atom. The minimum absolute atomic E-state index is 0.454. The van der Waals surface area contributed by atoms with E-state index in [1.165, 1.54) is 0 Å². The number of nitrogens with one attached hydrogen (secondary N) is 1. The molecule has 140 valence electrons. The lowest BCUT2D eigenvalue weighted by Crippen LogP contribution is -2.22. The van der Waals surface area contributed by atoms with Crippen molar-refractivity contribution in [3.05, 3.63) is 43.0 Å². The van der Waals surface area contributed by atoms with Gasteiger partial charge >= 0.3 is 0 Å². The second-order valence-corrected chi connectivity index (χ2v) is 13.3. The van der Waals surface area contributed by atoms with Gasteiger partial charge in [-0.1, -0.05) is 19.6 Å². The number of hydrogen-bond acceptors (Lipinski definition) is 6. The lowest BCUT2D eigenvalue weighted by Gasteiger charge is -2.15. The molecule has 0 radical (unpaired) electrons. The zero-order chi connectivity index (χ0) is 18.9. The molecule has 0 aliphatic heterocycles. The monoisotopic (exact) mass is 381 g/mol. The fourth-order valence-electron chi connectivity index (χ4n) is 2.71. The smallest absolute Gasteiger partial charge is 0.247 e. The number of hydrogen-bond donors (Lipinski definition) is 1. The molecule has 8 nitrogen and oxygen atoms in total. The van der Waals surface area contributed by atoms with Gasteiger partial charge in [-0.05, 0) is 24.2 Å². The molecule has 0 bridgehead atoms. The second-order valence-electron chi connectivity index (χ2n) is 7.71. The molecule has 1 aromatic carbocycles. The molecule has 27 heavy (non-hydrogen) atoms. The Hall–Kier alpha value is -2.78. The first-order chi connectivity index (χ1) is 13.0. The molecule has 3 aromatic heterocycles. The highest BCUT2D eigenvalue weighted by atomic mass is 28.3. The summed E-state index contributed by atoms with van der Waals surface area (Å²) in [5.41, 5.74) is 2.61. The van der Waals surface area contributed by atoms with Gasteiger partial charge in [0.15, 0.2) is 5.65 Å². The number of anilines is 2. The molecule has 1 N–H and O–H groups in total. The van der Waals surface area contributed by atoms with Gasteiger partial charge in [0, 0.05) is 38.1 Å². The number of benzene rings is 1. The van der Waals surface area contributed by atoms with Crippen molar-refractivity contribution in [2.24, 2.45) is 0 Å². The molecule has 0 fully saturated rings. The molecule has 0 saturated carbocycles. The molecule has 0 amide bonds. The third kappa shape index (κ3) is 4.14. The van der Waals surface area contributed by atoms with E-state index in [0.717, 1.165) is 29.2 Å². The Bertz CT molecular complexity index is 1030. The molecule has 3 heterocycles. The number of rotatable bonds is 7. The first kappa shape index (κ1) is 17.6. The minimum Gasteiger partial charge on any atom is -0.360 e. The van der Waals surface area contributed by atoms with Crippen molar-refractivity contribution in [3.63, 3.8) is 0 Å². The highest BCUT2D eigenvalue weighted by Crippen LogP contribution is 2.21. The summed E-state index contributed by atoms with van der Waals surface area (Å²) < 4.78 is 9.41. The highest BCUT2D eigenvalue weighted by molar-refractivity contribution is 6.76.